The summed E-state index contributed by atoms with van der Waals surface area (Å²) in [6.45, 7) is -0.606. The quantitative estimate of drug-likeness (QED) is 0.581. The van der Waals surface area contributed by atoms with E-state index < -0.39 is 30.1 Å². The van der Waals surface area contributed by atoms with E-state index in [9.17, 15) is 22.4 Å². The molecule has 6 nitrogen and oxygen atoms in total. The molecular weight excluding hydrogens is 448 g/mol. The van der Waals surface area contributed by atoms with Crippen molar-refractivity contribution in [1.82, 2.24) is 14.8 Å². The molecule has 0 unspecified atom stereocenters. The van der Waals surface area contributed by atoms with Crippen molar-refractivity contribution in [3.63, 3.8) is 0 Å². The number of hydrogen-bond donors (Lipinski definition) is 1. The van der Waals surface area contributed by atoms with Gasteiger partial charge in [-0.1, -0.05) is 15.9 Å². The maximum Gasteiger partial charge on any atom is 0.416 e. The number of rotatable bonds is 5. The summed E-state index contributed by atoms with van der Waals surface area (Å²) in [6, 6.07) is 6.78. The molecule has 1 aromatic heterocycles. The first-order valence-corrected chi connectivity index (χ1v) is 8.47. The lowest BCUT2D eigenvalue weighted by atomic mass is 10.1. The van der Waals surface area contributed by atoms with E-state index in [-0.39, 0.29) is 17.1 Å². The van der Waals surface area contributed by atoms with Gasteiger partial charge in [0.2, 0.25) is 0 Å². The van der Waals surface area contributed by atoms with Crippen molar-refractivity contribution in [1.29, 1.82) is 0 Å². The van der Waals surface area contributed by atoms with Crippen molar-refractivity contribution in [2.45, 2.75) is 6.18 Å². The van der Waals surface area contributed by atoms with Gasteiger partial charge in [0.15, 0.2) is 18.2 Å². The number of ether oxygens (including phenoxy) is 1. The monoisotopic (exact) mass is 458 g/mol. The van der Waals surface area contributed by atoms with Crippen LogP contribution in [0.4, 0.5) is 23.2 Å². The second-order valence-corrected chi connectivity index (χ2v) is 6.40. The molecule has 1 amide bonds. The number of halogens is 5. The lowest BCUT2D eigenvalue weighted by molar-refractivity contribution is -0.137. The Labute approximate surface area is 164 Å². The lowest BCUT2D eigenvalue weighted by Crippen LogP contribution is -2.22. The van der Waals surface area contributed by atoms with Crippen LogP contribution in [-0.2, 0) is 11.0 Å². The number of nitrogens with zero attached hydrogens (tertiary/aromatic N) is 3. The highest BCUT2D eigenvalue weighted by molar-refractivity contribution is 9.10. The van der Waals surface area contributed by atoms with Crippen LogP contribution in [-0.4, -0.2) is 27.3 Å². The molecular formula is C17H11BrF4N4O2. The van der Waals surface area contributed by atoms with Gasteiger partial charge in [-0.3, -0.25) is 4.79 Å². The number of carbonyl (C=O) groups is 1. The molecule has 0 atom stereocenters. The zero-order valence-electron chi connectivity index (χ0n) is 13.9. The average molecular weight is 459 g/mol. The third-order valence-corrected chi connectivity index (χ3v) is 4.01. The summed E-state index contributed by atoms with van der Waals surface area (Å²) in [7, 11) is 0. The number of alkyl halides is 3. The third kappa shape index (κ3) is 4.66. The van der Waals surface area contributed by atoms with Gasteiger partial charge in [-0.2, -0.15) is 18.3 Å². The first-order valence-electron chi connectivity index (χ1n) is 7.68. The van der Waals surface area contributed by atoms with Gasteiger partial charge in [0, 0.05) is 4.47 Å². The molecule has 0 saturated heterocycles. The Morgan fingerprint density at radius 3 is 2.64 bits per heavy atom. The van der Waals surface area contributed by atoms with E-state index in [1.807, 2.05) is 0 Å². The number of hydrogen-bond acceptors (Lipinski definition) is 4. The molecule has 0 fully saturated rings. The number of nitrogens with one attached hydrogen (secondary N) is 1. The summed E-state index contributed by atoms with van der Waals surface area (Å²) in [4.78, 5) is 15.9. The zero-order chi connectivity index (χ0) is 20.3. The predicted octanol–water partition coefficient (Wildman–Crippen LogP) is 4.21. The highest BCUT2D eigenvalue weighted by Gasteiger charge is 2.31. The van der Waals surface area contributed by atoms with Crippen molar-refractivity contribution < 1.29 is 27.1 Å². The number of aromatic nitrogens is 3. The van der Waals surface area contributed by atoms with Crippen LogP contribution >= 0.6 is 15.9 Å². The van der Waals surface area contributed by atoms with Gasteiger partial charge < -0.3 is 10.1 Å². The molecule has 0 aliphatic heterocycles. The first kappa shape index (κ1) is 19.8. The second-order valence-electron chi connectivity index (χ2n) is 5.48. The van der Waals surface area contributed by atoms with Gasteiger partial charge in [0.25, 0.3) is 5.91 Å². The minimum Gasteiger partial charge on any atom is -0.481 e. The van der Waals surface area contributed by atoms with Gasteiger partial charge in [-0.15, -0.1) is 0 Å². The average Bonchev–Trinajstić information content (AvgIpc) is 3.14. The summed E-state index contributed by atoms with van der Waals surface area (Å²) >= 11 is 3.09. The molecule has 3 aromatic rings. The fourth-order valence-electron chi connectivity index (χ4n) is 2.27. The molecule has 11 heteroatoms. The molecule has 0 aliphatic rings. The second kappa shape index (κ2) is 7.97. The standard InChI is InChI=1S/C17H11BrF4N4O2/c18-11-2-4-15(12(19)6-11)28-7-16(27)25-13-5-10(17(20,21)22)1-3-14(13)26-9-23-8-24-26/h1-6,8-9H,7H2,(H,25,27). The van der Waals surface area contributed by atoms with Crippen molar-refractivity contribution in [3.8, 4) is 11.4 Å². The van der Waals surface area contributed by atoms with Crippen LogP contribution in [0.1, 0.15) is 5.56 Å². The normalized spacial score (nSPS) is 11.3. The van der Waals surface area contributed by atoms with Gasteiger partial charge in [0.1, 0.15) is 12.7 Å². The molecule has 0 radical (unpaired) electrons. The summed E-state index contributed by atoms with van der Waals surface area (Å²) < 4.78 is 59.5. The highest BCUT2D eigenvalue weighted by Crippen LogP contribution is 2.33. The minimum atomic E-state index is -4.60. The van der Waals surface area contributed by atoms with Gasteiger partial charge >= 0.3 is 6.18 Å². The van der Waals surface area contributed by atoms with Gasteiger partial charge in [-0.25, -0.2) is 14.1 Å². The van der Waals surface area contributed by atoms with E-state index in [1.165, 1.54) is 29.5 Å². The van der Waals surface area contributed by atoms with E-state index >= 15 is 0 Å². The van der Waals surface area contributed by atoms with E-state index in [0.717, 1.165) is 24.3 Å². The Hall–Kier alpha value is -2.95. The topological polar surface area (TPSA) is 69.0 Å². The van der Waals surface area contributed by atoms with Gasteiger partial charge in [0.05, 0.1) is 16.9 Å². The molecule has 0 spiro atoms. The minimum absolute atomic E-state index is 0.148. The van der Waals surface area contributed by atoms with E-state index in [2.05, 4.69) is 31.3 Å². The molecule has 146 valence electrons. The van der Waals surface area contributed by atoms with Crippen LogP contribution in [0.15, 0.2) is 53.5 Å². The van der Waals surface area contributed by atoms with E-state index in [0.29, 0.717) is 4.47 Å². The number of carbonyl (C=O) groups excluding carboxylic acids is 1. The molecule has 2 aromatic carbocycles. The first-order chi connectivity index (χ1) is 13.2. The molecule has 3 rings (SSSR count). The summed E-state index contributed by atoms with van der Waals surface area (Å²) in [5.41, 5.74) is -0.926. The van der Waals surface area contributed by atoms with Crippen LogP contribution < -0.4 is 10.1 Å². The smallest absolute Gasteiger partial charge is 0.416 e. The fourth-order valence-corrected chi connectivity index (χ4v) is 2.60. The Balaban J connectivity index is 1.80. The third-order valence-electron chi connectivity index (χ3n) is 3.52. The Morgan fingerprint density at radius 2 is 2.00 bits per heavy atom. The molecule has 1 N–H and O–H groups in total. The summed E-state index contributed by atoms with van der Waals surface area (Å²) in [6.07, 6.45) is -2.13. The van der Waals surface area contributed by atoms with E-state index in [4.69, 9.17) is 4.74 Å². The number of anilines is 1. The molecule has 0 saturated carbocycles. The van der Waals surface area contributed by atoms with Crippen molar-refractivity contribution in [2.24, 2.45) is 0 Å². The largest absolute Gasteiger partial charge is 0.481 e. The number of amides is 1. The molecule has 1 heterocycles. The fraction of sp³-hybridized carbons (Fsp3) is 0.118. The van der Waals surface area contributed by atoms with Crippen LogP contribution in [0.25, 0.3) is 5.69 Å². The van der Waals surface area contributed by atoms with Crippen molar-refractivity contribution in [2.75, 3.05) is 11.9 Å². The van der Waals surface area contributed by atoms with Crippen LogP contribution in [0.3, 0.4) is 0 Å². The van der Waals surface area contributed by atoms with E-state index in [1.54, 1.807) is 0 Å². The maximum absolute atomic E-state index is 13.7. The van der Waals surface area contributed by atoms with Crippen LogP contribution in [0, 0.1) is 5.82 Å². The maximum atomic E-state index is 13.7. The SMILES string of the molecule is O=C(COc1ccc(Br)cc1F)Nc1cc(C(F)(F)F)ccc1-n1cncn1. The Morgan fingerprint density at radius 1 is 1.21 bits per heavy atom. The van der Waals surface area contributed by atoms with Crippen LogP contribution in [0.5, 0.6) is 5.75 Å². The molecule has 28 heavy (non-hydrogen) atoms. The molecule has 0 aliphatic carbocycles. The Kier molecular flexibility index (Phi) is 5.63. The summed E-state index contributed by atoms with van der Waals surface area (Å²) in [5, 5.41) is 6.18. The Bertz CT molecular complexity index is 993. The highest BCUT2D eigenvalue weighted by atomic mass is 79.9. The van der Waals surface area contributed by atoms with Crippen molar-refractivity contribution >= 4 is 27.5 Å². The predicted molar refractivity (Wildman–Crippen MR) is 94.6 cm³/mol. The van der Waals surface area contributed by atoms with Crippen molar-refractivity contribution in [3.05, 3.63) is 64.9 Å². The zero-order valence-corrected chi connectivity index (χ0v) is 15.5. The van der Waals surface area contributed by atoms with Crippen LogP contribution in [0.2, 0.25) is 0 Å². The number of benzene rings is 2. The van der Waals surface area contributed by atoms with Gasteiger partial charge in [-0.05, 0) is 36.4 Å². The lowest BCUT2D eigenvalue weighted by Gasteiger charge is -2.14. The molecule has 0 bridgehead atoms. The summed E-state index contributed by atoms with van der Waals surface area (Å²) in [5.74, 6) is -1.63.